The van der Waals surface area contributed by atoms with Crippen molar-refractivity contribution in [2.24, 2.45) is 0 Å². The topological polar surface area (TPSA) is 3.24 Å². The summed E-state index contributed by atoms with van der Waals surface area (Å²) in [6.45, 7) is 3.37. The highest BCUT2D eigenvalue weighted by Crippen LogP contribution is 2.19. The fourth-order valence-corrected chi connectivity index (χ4v) is 2.95. The Hall–Kier alpha value is -0.120. The molecule has 0 spiro atoms. The van der Waals surface area contributed by atoms with Gasteiger partial charge >= 0.3 is 0 Å². The van der Waals surface area contributed by atoms with Crippen LogP contribution in [0.1, 0.15) is 18.4 Å². The van der Waals surface area contributed by atoms with Crippen LogP contribution in [0.3, 0.4) is 0 Å². The molecule has 0 fully saturated rings. The Morgan fingerprint density at radius 2 is 1.94 bits per heavy atom. The van der Waals surface area contributed by atoms with E-state index in [4.69, 9.17) is 0 Å². The second kappa shape index (κ2) is 8.06. The normalized spacial score (nSPS) is 14.9. The lowest BCUT2D eigenvalue weighted by Crippen LogP contribution is -2.35. The minimum Gasteiger partial charge on any atom is -0.302 e. The van der Waals surface area contributed by atoms with E-state index in [0.717, 1.165) is 12.3 Å². The Balaban J connectivity index is 2.58. The van der Waals surface area contributed by atoms with Crippen LogP contribution in [0.5, 0.6) is 0 Å². The van der Waals surface area contributed by atoms with E-state index in [1.54, 1.807) is 0 Å². The zero-order chi connectivity index (χ0) is 12.7. The predicted octanol–water partition coefficient (Wildman–Crippen LogP) is 3.38. The van der Waals surface area contributed by atoms with Crippen molar-refractivity contribution in [3.8, 4) is 0 Å². The van der Waals surface area contributed by atoms with Crippen LogP contribution in [-0.2, 0) is 0 Å². The van der Waals surface area contributed by atoms with Crippen LogP contribution < -0.4 is 0 Å². The molecule has 0 aliphatic carbocycles. The summed E-state index contributed by atoms with van der Waals surface area (Å²) >= 11 is 6.40. The third kappa shape index (κ3) is 4.94. The number of likely N-dealkylation sites (N-methyl/N-ethyl adjacent to an activating group) is 1. The van der Waals surface area contributed by atoms with E-state index >= 15 is 0 Å². The van der Waals surface area contributed by atoms with E-state index in [2.05, 4.69) is 68.1 Å². The molecule has 2 unspecified atom stereocenters. The molecule has 1 rings (SSSR count). The Kier molecular flexibility index (Phi) is 7.09. The zero-order valence-electron chi connectivity index (χ0n) is 11.0. The maximum absolute atomic E-state index is 4.49. The van der Waals surface area contributed by atoms with Gasteiger partial charge in [0.15, 0.2) is 0 Å². The van der Waals surface area contributed by atoms with E-state index in [1.807, 2.05) is 11.8 Å². The number of benzene rings is 1. The fourth-order valence-electron chi connectivity index (χ4n) is 1.89. The van der Waals surface area contributed by atoms with E-state index in [1.165, 1.54) is 11.3 Å². The molecule has 1 aromatic rings. The summed E-state index contributed by atoms with van der Waals surface area (Å²) in [7, 11) is 2.21. The van der Waals surface area contributed by atoms with Crippen molar-refractivity contribution in [1.82, 2.24) is 4.90 Å². The van der Waals surface area contributed by atoms with Crippen molar-refractivity contribution in [2.45, 2.75) is 18.9 Å². The Morgan fingerprint density at radius 1 is 1.29 bits per heavy atom. The van der Waals surface area contributed by atoms with Crippen molar-refractivity contribution in [2.75, 3.05) is 31.4 Å². The van der Waals surface area contributed by atoms with Crippen LogP contribution in [0.25, 0.3) is 0 Å². The molecule has 0 heterocycles. The number of thioether (sulfide) groups is 1. The van der Waals surface area contributed by atoms with E-state index in [9.17, 15) is 0 Å². The van der Waals surface area contributed by atoms with Crippen molar-refractivity contribution < 1.29 is 0 Å². The molecule has 0 saturated carbocycles. The van der Waals surface area contributed by atoms with E-state index < -0.39 is 0 Å². The molecule has 0 aliphatic heterocycles. The molecule has 0 N–H and O–H groups in total. The molecule has 0 aliphatic rings. The summed E-state index contributed by atoms with van der Waals surface area (Å²) in [5.41, 5.74) is 1.39. The second-order valence-electron chi connectivity index (χ2n) is 4.53. The second-order valence-corrected chi connectivity index (χ2v) is 5.81. The first-order chi connectivity index (χ1) is 8.19. The zero-order valence-corrected chi connectivity index (χ0v) is 12.7. The Bertz CT molecular complexity index is 302. The van der Waals surface area contributed by atoms with Crippen molar-refractivity contribution in [3.63, 3.8) is 0 Å². The average molecular weight is 269 g/mol. The largest absolute Gasteiger partial charge is 0.302 e. The molecule has 0 radical (unpaired) electrons. The van der Waals surface area contributed by atoms with E-state index in [0.29, 0.717) is 12.0 Å². The molecular formula is C14H23NS2. The maximum atomic E-state index is 4.49. The minimum absolute atomic E-state index is 0.522. The summed E-state index contributed by atoms with van der Waals surface area (Å²) < 4.78 is 0. The monoisotopic (exact) mass is 269 g/mol. The number of rotatable bonds is 7. The maximum Gasteiger partial charge on any atom is 0.0155 e. The van der Waals surface area contributed by atoms with Gasteiger partial charge in [-0.2, -0.15) is 24.4 Å². The number of nitrogens with zero attached hydrogens (tertiary/aromatic N) is 1. The first kappa shape index (κ1) is 14.9. The van der Waals surface area contributed by atoms with Crippen molar-refractivity contribution in [3.05, 3.63) is 35.9 Å². The third-order valence-electron chi connectivity index (χ3n) is 3.16. The van der Waals surface area contributed by atoms with Gasteiger partial charge < -0.3 is 4.90 Å². The molecule has 0 bridgehead atoms. The SMILES string of the molecule is CSCC(C)N(C)CC(CS)c1ccccc1. The molecule has 0 amide bonds. The highest BCUT2D eigenvalue weighted by molar-refractivity contribution is 7.98. The first-order valence-electron chi connectivity index (χ1n) is 6.04. The summed E-state index contributed by atoms with van der Waals surface area (Å²) in [5, 5.41) is 0. The van der Waals surface area contributed by atoms with Crippen molar-refractivity contribution >= 4 is 24.4 Å². The lowest BCUT2D eigenvalue weighted by atomic mass is 10.0. The minimum atomic E-state index is 0.522. The highest BCUT2D eigenvalue weighted by atomic mass is 32.2. The standard InChI is InChI=1S/C14H23NS2/c1-12(11-17-3)15(2)9-14(10-16)13-7-5-4-6-8-13/h4-8,12,14,16H,9-11H2,1-3H3. The Morgan fingerprint density at radius 3 is 2.47 bits per heavy atom. The summed E-state index contributed by atoms with van der Waals surface area (Å²) in [4.78, 5) is 2.43. The van der Waals surface area contributed by atoms with Crippen LogP contribution in [0.2, 0.25) is 0 Å². The predicted molar refractivity (Wildman–Crippen MR) is 83.5 cm³/mol. The quantitative estimate of drug-likeness (QED) is 0.756. The van der Waals surface area contributed by atoms with Crippen LogP contribution >= 0.6 is 24.4 Å². The van der Waals surface area contributed by atoms with Gasteiger partial charge in [0, 0.05) is 24.3 Å². The molecule has 2 atom stereocenters. The molecule has 96 valence electrons. The molecule has 1 nitrogen and oxygen atoms in total. The van der Waals surface area contributed by atoms with Gasteiger partial charge in [-0.1, -0.05) is 30.3 Å². The Labute approximate surface area is 115 Å². The van der Waals surface area contributed by atoms with Gasteiger partial charge in [0.25, 0.3) is 0 Å². The molecule has 3 heteroatoms. The fraction of sp³-hybridized carbons (Fsp3) is 0.571. The summed E-state index contributed by atoms with van der Waals surface area (Å²) in [6, 6.07) is 11.3. The lowest BCUT2D eigenvalue weighted by molar-refractivity contribution is 0.266. The van der Waals surface area contributed by atoms with Gasteiger partial charge in [0.05, 0.1) is 0 Å². The molecule has 17 heavy (non-hydrogen) atoms. The number of thiol groups is 1. The van der Waals surface area contributed by atoms with Gasteiger partial charge in [-0.25, -0.2) is 0 Å². The van der Waals surface area contributed by atoms with Gasteiger partial charge in [0.2, 0.25) is 0 Å². The van der Waals surface area contributed by atoms with Crippen molar-refractivity contribution in [1.29, 1.82) is 0 Å². The smallest absolute Gasteiger partial charge is 0.0155 e. The van der Waals surface area contributed by atoms with Gasteiger partial charge in [-0.3, -0.25) is 0 Å². The van der Waals surface area contributed by atoms with E-state index in [-0.39, 0.29) is 0 Å². The highest BCUT2D eigenvalue weighted by Gasteiger charge is 2.15. The molecule has 1 aromatic carbocycles. The number of hydrogen-bond donors (Lipinski definition) is 1. The molecule has 0 aromatic heterocycles. The molecule has 0 saturated heterocycles. The van der Waals surface area contributed by atoms with Crippen LogP contribution in [-0.4, -0.2) is 42.3 Å². The van der Waals surface area contributed by atoms with Gasteiger partial charge in [0.1, 0.15) is 0 Å². The summed E-state index contributed by atoms with van der Waals surface area (Å²) in [6.07, 6.45) is 2.16. The van der Waals surface area contributed by atoms with Crippen LogP contribution in [0.4, 0.5) is 0 Å². The lowest BCUT2D eigenvalue weighted by Gasteiger charge is -2.28. The summed E-state index contributed by atoms with van der Waals surface area (Å²) in [5.74, 6) is 2.61. The molecular weight excluding hydrogens is 246 g/mol. The average Bonchev–Trinajstić information content (AvgIpc) is 2.37. The van der Waals surface area contributed by atoms with Gasteiger partial charge in [-0.05, 0) is 31.5 Å². The van der Waals surface area contributed by atoms with Crippen LogP contribution in [0.15, 0.2) is 30.3 Å². The first-order valence-corrected chi connectivity index (χ1v) is 8.06. The third-order valence-corrected chi connectivity index (χ3v) is 4.42. The van der Waals surface area contributed by atoms with Gasteiger partial charge in [-0.15, -0.1) is 0 Å². The number of hydrogen-bond acceptors (Lipinski definition) is 3. The van der Waals surface area contributed by atoms with Crippen LogP contribution in [0, 0.1) is 0 Å².